The van der Waals surface area contributed by atoms with Crippen molar-refractivity contribution in [2.75, 3.05) is 32.1 Å². The number of hydrogen-bond donors (Lipinski definition) is 2. The van der Waals surface area contributed by atoms with Crippen LogP contribution >= 0.6 is 24.8 Å². The van der Waals surface area contributed by atoms with Crippen LogP contribution in [0.15, 0.2) is 6.07 Å². The van der Waals surface area contributed by atoms with Gasteiger partial charge in [-0.05, 0) is 51.6 Å². The number of nitrogens with zero attached hydrogens (tertiary/aromatic N) is 3. The molecule has 0 radical (unpaired) electrons. The number of rotatable bonds is 6. The zero-order valence-corrected chi connectivity index (χ0v) is 17.1. The molecule has 0 spiro atoms. The summed E-state index contributed by atoms with van der Waals surface area (Å²) >= 11 is 0. The van der Waals surface area contributed by atoms with E-state index in [1.54, 1.807) is 7.11 Å². The van der Waals surface area contributed by atoms with Gasteiger partial charge < -0.3 is 15.8 Å². The molecule has 0 atom stereocenters. The summed E-state index contributed by atoms with van der Waals surface area (Å²) in [6.45, 7) is 3.95. The van der Waals surface area contributed by atoms with Gasteiger partial charge in [-0.3, -0.25) is 4.90 Å². The number of hydrogen-bond acceptors (Lipinski definition) is 6. The predicted molar refractivity (Wildman–Crippen MR) is 108 cm³/mol. The van der Waals surface area contributed by atoms with Gasteiger partial charge in [-0.1, -0.05) is 0 Å². The maximum absolute atomic E-state index is 5.95. The van der Waals surface area contributed by atoms with Crippen LogP contribution in [0.25, 0.3) is 0 Å². The number of aromatic nitrogens is 2. The highest BCUT2D eigenvalue weighted by Crippen LogP contribution is 2.39. The van der Waals surface area contributed by atoms with E-state index in [0.717, 1.165) is 36.7 Å². The highest BCUT2D eigenvalue weighted by molar-refractivity contribution is 5.85. The first-order chi connectivity index (χ1) is 11.7. The molecule has 1 aliphatic carbocycles. The van der Waals surface area contributed by atoms with E-state index in [4.69, 9.17) is 10.5 Å². The van der Waals surface area contributed by atoms with Gasteiger partial charge in [0.25, 0.3) is 0 Å². The lowest BCUT2D eigenvalue weighted by molar-refractivity contribution is 0.177. The van der Waals surface area contributed by atoms with Crippen molar-refractivity contribution in [3.8, 4) is 0 Å². The summed E-state index contributed by atoms with van der Waals surface area (Å²) in [5, 5.41) is 3.62. The summed E-state index contributed by atoms with van der Waals surface area (Å²) in [6.07, 6.45) is 7.32. The second-order valence-electron chi connectivity index (χ2n) is 7.73. The molecule has 3 N–H and O–H groups in total. The zero-order valence-electron chi connectivity index (χ0n) is 15.4. The molecule has 0 unspecified atom stereocenters. The molecule has 3 heterocycles. The lowest BCUT2D eigenvalue weighted by Gasteiger charge is -2.33. The van der Waals surface area contributed by atoms with Gasteiger partial charge in [0, 0.05) is 42.9 Å². The normalized spacial score (nSPS) is 26.4. The number of nitrogens with two attached hydrogens (primary N) is 1. The van der Waals surface area contributed by atoms with Crippen LogP contribution in [0.3, 0.4) is 0 Å². The summed E-state index contributed by atoms with van der Waals surface area (Å²) in [4.78, 5) is 12.0. The largest absolute Gasteiger partial charge is 0.377 e. The summed E-state index contributed by atoms with van der Waals surface area (Å²) in [6, 6.07) is 2.46. The van der Waals surface area contributed by atoms with E-state index in [1.807, 2.05) is 0 Å². The van der Waals surface area contributed by atoms with Gasteiger partial charge in [0.2, 0.25) is 0 Å². The molecule has 148 valence electrons. The second kappa shape index (κ2) is 9.02. The maximum atomic E-state index is 5.95. The second-order valence-corrected chi connectivity index (χ2v) is 7.73. The highest BCUT2D eigenvalue weighted by atomic mass is 35.5. The lowest BCUT2D eigenvalue weighted by Crippen LogP contribution is -2.44. The molecular weight excluding hydrogens is 373 g/mol. The molecule has 0 amide bonds. The lowest BCUT2D eigenvalue weighted by atomic mass is 9.78. The minimum absolute atomic E-state index is 0. The average Bonchev–Trinajstić information content (AvgIpc) is 3.10. The summed E-state index contributed by atoms with van der Waals surface area (Å²) in [7, 11) is 1.69. The third kappa shape index (κ3) is 4.25. The SMILES string of the molecule is COCc1nc(NCC23CCCN2CCC3)cc(C2CC(N)C2)n1.Cl.Cl. The number of methoxy groups -OCH3 is 1. The van der Waals surface area contributed by atoms with E-state index in [0.29, 0.717) is 24.1 Å². The van der Waals surface area contributed by atoms with Gasteiger partial charge in [0.05, 0.1) is 0 Å². The molecule has 1 aromatic heterocycles. The van der Waals surface area contributed by atoms with E-state index >= 15 is 0 Å². The average molecular weight is 404 g/mol. The number of fused-ring (bicyclic) bond motifs is 1. The van der Waals surface area contributed by atoms with Crippen LogP contribution in [0, 0.1) is 0 Å². The number of ether oxygens (including phenoxy) is 1. The van der Waals surface area contributed by atoms with Gasteiger partial charge in [-0.25, -0.2) is 9.97 Å². The smallest absolute Gasteiger partial charge is 0.156 e. The van der Waals surface area contributed by atoms with Crippen LogP contribution in [-0.4, -0.2) is 53.2 Å². The Bertz CT molecular complexity index is 587. The van der Waals surface area contributed by atoms with Crippen LogP contribution < -0.4 is 11.1 Å². The van der Waals surface area contributed by atoms with Crippen LogP contribution in [0.2, 0.25) is 0 Å². The van der Waals surface area contributed by atoms with E-state index in [1.165, 1.54) is 38.8 Å². The Morgan fingerprint density at radius 2 is 1.92 bits per heavy atom. The van der Waals surface area contributed by atoms with Crippen molar-refractivity contribution >= 4 is 30.6 Å². The van der Waals surface area contributed by atoms with E-state index in [2.05, 4.69) is 26.3 Å². The molecule has 2 saturated heterocycles. The molecule has 1 saturated carbocycles. The van der Waals surface area contributed by atoms with Crippen molar-refractivity contribution in [2.24, 2.45) is 5.73 Å². The monoisotopic (exact) mass is 403 g/mol. The fourth-order valence-corrected chi connectivity index (χ4v) is 4.68. The Labute approximate surface area is 168 Å². The topological polar surface area (TPSA) is 76.3 Å². The Kier molecular flexibility index (Phi) is 7.51. The zero-order chi connectivity index (χ0) is 16.6. The van der Waals surface area contributed by atoms with Crippen molar-refractivity contribution in [1.82, 2.24) is 14.9 Å². The van der Waals surface area contributed by atoms with E-state index < -0.39 is 0 Å². The fourth-order valence-electron chi connectivity index (χ4n) is 4.68. The summed E-state index contributed by atoms with van der Waals surface area (Å²) in [5.41, 5.74) is 7.42. The maximum Gasteiger partial charge on any atom is 0.156 e. The van der Waals surface area contributed by atoms with Crippen molar-refractivity contribution in [3.05, 3.63) is 17.6 Å². The minimum Gasteiger partial charge on any atom is -0.377 e. The summed E-state index contributed by atoms with van der Waals surface area (Å²) in [5.74, 6) is 2.19. The molecule has 3 fully saturated rings. The molecule has 3 aliphatic rings. The van der Waals surface area contributed by atoms with Gasteiger partial charge in [0.15, 0.2) is 5.82 Å². The van der Waals surface area contributed by atoms with Crippen molar-refractivity contribution < 1.29 is 4.74 Å². The number of nitrogens with one attached hydrogen (secondary N) is 1. The molecular formula is C18H31Cl2N5O. The van der Waals surface area contributed by atoms with Crippen molar-refractivity contribution in [3.63, 3.8) is 0 Å². The first-order valence-electron chi connectivity index (χ1n) is 9.30. The Hall–Kier alpha value is -0.660. The Balaban J connectivity index is 0.00000121. The molecule has 0 aromatic carbocycles. The van der Waals surface area contributed by atoms with Crippen LogP contribution in [-0.2, 0) is 11.3 Å². The molecule has 2 aliphatic heterocycles. The molecule has 8 heteroatoms. The Morgan fingerprint density at radius 3 is 2.54 bits per heavy atom. The van der Waals surface area contributed by atoms with Crippen LogP contribution in [0.4, 0.5) is 5.82 Å². The molecule has 26 heavy (non-hydrogen) atoms. The van der Waals surface area contributed by atoms with E-state index in [-0.39, 0.29) is 24.8 Å². The highest BCUT2D eigenvalue weighted by Gasteiger charge is 2.43. The molecule has 1 aromatic rings. The quantitative estimate of drug-likeness (QED) is 0.760. The van der Waals surface area contributed by atoms with Crippen molar-refractivity contribution in [2.45, 2.75) is 62.6 Å². The van der Waals surface area contributed by atoms with Gasteiger partial charge in [0.1, 0.15) is 12.4 Å². The third-order valence-corrected chi connectivity index (χ3v) is 6.07. The molecule has 0 bridgehead atoms. The number of anilines is 1. The predicted octanol–water partition coefficient (Wildman–Crippen LogP) is 2.71. The van der Waals surface area contributed by atoms with Gasteiger partial charge in [-0.15, -0.1) is 24.8 Å². The first-order valence-corrected chi connectivity index (χ1v) is 9.30. The minimum atomic E-state index is 0. The third-order valence-electron chi connectivity index (χ3n) is 6.07. The molecule has 6 nitrogen and oxygen atoms in total. The van der Waals surface area contributed by atoms with Crippen molar-refractivity contribution in [1.29, 1.82) is 0 Å². The first kappa shape index (κ1) is 21.6. The van der Waals surface area contributed by atoms with Gasteiger partial charge in [-0.2, -0.15) is 0 Å². The van der Waals surface area contributed by atoms with E-state index in [9.17, 15) is 0 Å². The summed E-state index contributed by atoms with van der Waals surface area (Å²) < 4.78 is 5.25. The van der Waals surface area contributed by atoms with Crippen LogP contribution in [0.1, 0.15) is 56.0 Å². The van der Waals surface area contributed by atoms with Crippen LogP contribution in [0.5, 0.6) is 0 Å². The fraction of sp³-hybridized carbons (Fsp3) is 0.778. The molecule has 4 rings (SSSR count). The standard InChI is InChI=1S/C18H29N5O.2ClH/c1-24-11-17-21-15(13-8-14(19)9-13)10-16(22-17)20-12-18-4-2-6-23(18)7-3-5-18;;/h10,13-14H,2-9,11-12,19H2,1H3,(H,20,21,22);2*1H. The number of halogens is 2. The Morgan fingerprint density at radius 1 is 1.23 bits per heavy atom. The van der Waals surface area contributed by atoms with Gasteiger partial charge >= 0.3 is 0 Å².